The molecule has 0 radical (unpaired) electrons. The molecule has 6 heteroatoms. The van der Waals surface area contributed by atoms with Crippen molar-refractivity contribution in [2.45, 2.75) is 58.2 Å². The number of benzene rings is 1. The molecule has 144 valence electrons. The van der Waals surface area contributed by atoms with Crippen LogP contribution in [0.1, 0.15) is 52.5 Å². The summed E-state index contributed by atoms with van der Waals surface area (Å²) in [5, 5.41) is 2.93. The molecule has 1 N–H and O–H groups in total. The fourth-order valence-electron chi connectivity index (χ4n) is 3.48. The first kappa shape index (κ1) is 17.9. The van der Waals surface area contributed by atoms with E-state index in [0.29, 0.717) is 23.9 Å². The molecular weight excluding hydrogens is 344 g/mol. The third kappa shape index (κ3) is 3.40. The lowest BCUT2D eigenvalue weighted by Gasteiger charge is -2.34. The molecule has 0 unspecified atom stereocenters. The fraction of sp³-hybridized carbons (Fsp3) is 0.524. The lowest BCUT2D eigenvalue weighted by Crippen LogP contribution is -2.40. The molecule has 27 heavy (non-hydrogen) atoms. The van der Waals surface area contributed by atoms with Crippen LogP contribution in [0.3, 0.4) is 0 Å². The molecule has 2 amide bonds. The maximum atomic E-state index is 12.8. The highest BCUT2D eigenvalue weighted by Crippen LogP contribution is 2.47. The molecule has 4 rings (SSSR count). The van der Waals surface area contributed by atoms with E-state index in [-0.39, 0.29) is 12.0 Å². The summed E-state index contributed by atoms with van der Waals surface area (Å²) in [7, 11) is 0. The summed E-state index contributed by atoms with van der Waals surface area (Å²) >= 11 is 0. The lowest BCUT2D eigenvalue weighted by atomic mass is 9.98. The van der Waals surface area contributed by atoms with Crippen LogP contribution >= 0.6 is 0 Å². The van der Waals surface area contributed by atoms with Gasteiger partial charge in [-0.2, -0.15) is 0 Å². The molecule has 3 aliphatic rings. The van der Waals surface area contributed by atoms with E-state index >= 15 is 0 Å². The van der Waals surface area contributed by atoms with E-state index in [2.05, 4.69) is 18.3 Å². The van der Waals surface area contributed by atoms with Gasteiger partial charge in [-0.1, -0.05) is 19.1 Å². The van der Waals surface area contributed by atoms with Crippen LogP contribution in [-0.4, -0.2) is 34.6 Å². The van der Waals surface area contributed by atoms with Gasteiger partial charge in [0.15, 0.2) is 5.60 Å². The van der Waals surface area contributed by atoms with E-state index in [4.69, 9.17) is 9.47 Å². The quantitative estimate of drug-likeness (QED) is 0.806. The Hall–Kier alpha value is -2.50. The van der Waals surface area contributed by atoms with Crippen molar-refractivity contribution in [1.82, 2.24) is 4.90 Å². The van der Waals surface area contributed by atoms with Gasteiger partial charge in [-0.05, 0) is 45.2 Å². The number of fused-ring (bicyclic) bond motifs is 1. The van der Waals surface area contributed by atoms with Crippen LogP contribution in [0.4, 0.5) is 10.5 Å². The van der Waals surface area contributed by atoms with Gasteiger partial charge in [0.1, 0.15) is 11.4 Å². The Morgan fingerprint density at radius 2 is 2.07 bits per heavy atom. The van der Waals surface area contributed by atoms with E-state index in [9.17, 15) is 9.59 Å². The number of amides is 2. The highest BCUT2D eigenvalue weighted by atomic mass is 16.6. The zero-order chi connectivity index (χ0) is 19.4. The van der Waals surface area contributed by atoms with Crippen molar-refractivity contribution in [2.75, 3.05) is 11.9 Å². The molecule has 6 nitrogen and oxygen atoms in total. The molecule has 2 heterocycles. The number of ether oxygens (including phenoxy) is 2. The van der Waals surface area contributed by atoms with Crippen molar-refractivity contribution >= 4 is 23.4 Å². The second kappa shape index (κ2) is 6.01. The van der Waals surface area contributed by atoms with Crippen LogP contribution in [0.2, 0.25) is 0 Å². The number of nitrogens with one attached hydrogen (secondary N) is 1. The molecule has 2 aliphatic heterocycles. The van der Waals surface area contributed by atoms with E-state index in [1.165, 1.54) is 0 Å². The summed E-state index contributed by atoms with van der Waals surface area (Å²) in [6, 6.07) is 5.66. The van der Waals surface area contributed by atoms with Crippen LogP contribution in [0.15, 0.2) is 24.3 Å². The lowest BCUT2D eigenvalue weighted by molar-refractivity contribution is -0.125. The summed E-state index contributed by atoms with van der Waals surface area (Å²) in [6.45, 7) is 8.33. The second-order valence-electron chi connectivity index (χ2n) is 8.78. The van der Waals surface area contributed by atoms with E-state index in [0.717, 1.165) is 30.5 Å². The van der Waals surface area contributed by atoms with E-state index in [1.54, 1.807) is 4.90 Å². The van der Waals surface area contributed by atoms with Gasteiger partial charge in [0.25, 0.3) is 5.91 Å². The zero-order valence-corrected chi connectivity index (χ0v) is 16.3. The molecule has 0 aromatic heterocycles. The van der Waals surface area contributed by atoms with Crippen LogP contribution in [0, 0.1) is 5.92 Å². The van der Waals surface area contributed by atoms with Gasteiger partial charge in [-0.15, -0.1) is 0 Å². The highest BCUT2D eigenvalue weighted by Gasteiger charge is 2.55. The minimum absolute atomic E-state index is 0.0659. The van der Waals surface area contributed by atoms with E-state index < -0.39 is 11.2 Å². The number of carbonyl (C=O) groups excluding carboxylic acids is 2. The number of allylic oxidation sites excluding steroid dienone is 1. The number of anilines is 1. The van der Waals surface area contributed by atoms with Gasteiger partial charge in [-0.3, -0.25) is 9.69 Å². The number of hydrogen-bond acceptors (Lipinski definition) is 4. The van der Waals surface area contributed by atoms with Gasteiger partial charge in [0.2, 0.25) is 0 Å². The van der Waals surface area contributed by atoms with E-state index in [1.807, 2.05) is 39.0 Å². The Balaban J connectivity index is 1.65. The molecular formula is C21H26N2O4. The first-order valence-corrected chi connectivity index (χ1v) is 9.52. The smallest absolute Gasteiger partial charge is 0.414 e. The van der Waals surface area contributed by atoms with Crippen LogP contribution in [0.5, 0.6) is 5.75 Å². The summed E-state index contributed by atoms with van der Waals surface area (Å²) in [6.07, 6.45) is 4.12. The maximum Gasteiger partial charge on any atom is 0.414 e. The van der Waals surface area contributed by atoms with Crippen molar-refractivity contribution < 1.29 is 19.1 Å². The summed E-state index contributed by atoms with van der Waals surface area (Å²) in [4.78, 5) is 26.6. The normalized spacial score (nSPS) is 23.1. The molecule has 1 aliphatic carbocycles. The molecule has 1 fully saturated rings. The molecule has 1 atom stereocenters. The maximum absolute atomic E-state index is 12.8. The first-order valence-electron chi connectivity index (χ1n) is 9.52. The third-order valence-electron chi connectivity index (χ3n) is 5.06. The Morgan fingerprint density at radius 3 is 2.74 bits per heavy atom. The van der Waals surface area contributed by atoms with Crippen LogP contribution < -0.4 is 10.1 Å². The van der Waals surface area contributed by atoms with Crippen molar-refractivity contribution in [2.24, 2.45) is 5.92 Å². The van der Waals surface area contributed by atoms with Crippen molar-refractivity contribution in [1.29, 1.82) is 0 Å². The topological polar surface area (TPSA) is 67.9 Å². The molecule has 1 aromatic carbocycles. The first-order chi connectivity index (χ1) is 12.7. The van der Waals surface area contributed by atoms with Gasteiger partial charge in [-0.25, -0.2) is 4.79 Å². The second-order valence-corrected chi connectivity index (χ2v) is 8.78. The van der Waals surface area contributed by atoms with Gasteiger partial charge < -0.3 is 14.8 Å². The predicted octanol–water partition coefficient (Wildman–Crippen LogP) is 4.17. The molecule has 0 saturated heterocycles. The zero-order valence-electron chi connectivity index (χ0n) is 16.3. The van der Waals surface area contributed by atoms with Gasteiger partial charge in [0, 0.05) is 24.9 Å². The van der Waals surface area contributed by atoms with Crippen LogP contribution in [0.25, 0.3) is 5.70 Å². The number of hydrogen-bond donors (Lipinski definition) is 1. The molecule has 0 bridgehead atoms. The van der Waals surface area contributed by atoms with Crippen LogP contribution in [-0.2, 0) is 9.53 Å². The van der Waals surface area contributed by atoms with Gasteiger partial charge in [0.05, 0.1) is 11.4 Å². The average Bonchev–Trinajstić information content (AvgIpc) is 3.34. The summed E-state index contributed by atoms with van der Waals surface area (Å²) < 4.78 is 11.6. The Kier molecular flexibility index (Phi) is 3.98. The van der Waals surface area contributed by atoms with Crippen molar-refractivity contribution in [3.8, 4) is 5.75 Å². The summed E-state index contributed by atoms with van der Waals surface area (Å²) in [5.74, 6) is 0.960. The van der Waals surface area contributed by atoms with Crippen molar-refractivity contribution in [3.63, 3.8) is 0 Å². The van der Waals surface area contributed by atoms with Crippen molar-refractivity contribution in [3.05, 3.63) is 29.8 Å². The Bertz CT molecular complexity index is 833. The number of nitrogens with zero attached hydrogens (tertiary/aromatic N) is 1. The fourth-order valence-corrected chi connectivity index (χ4v) is 3.48. The largest absolute Gasteiger partial charge is 0.475 e. The standard InChI is InChI=1S/C21H26N2O4/c1-13-5-8-16(23(12-13)19(25)27-20(2,3)4)14-6-7-15-17(11-14)26-21(9-10-21)18(24)22-15/h6-8,11,13H,5,9-10,12H2,1-4H3,(H,22,24)/t13-/m0/s1. The molecule has 1 saturated carbocycles. The number of rotatable bonds is 1. The highest BCUT2D eigenvalue weighted by molar-refractivity contribution is 6.03. The minimum atomic E-state index is -0.689. The minimum Gasteiger partial charge on any atom is -0.475 e. The molecule has 1 spiro atoms. The SMILES string of the molecule is C[C@H]1CC=C(c2ccc3c(c2)OC2(CC2)C(=O)N3)N(C(=O)OC(C)(C)C)C1. The van der Waals surface area contributed by atoms with Gasteiger partial charge >= 0.3 is 6.09 Å². The predicted molar refractivity (Wildman–Crippen MR) is 102 cm³/mol. The number of carbonyl (C=O) groups is 2. The monoisotopic (exact) mass is 370 g/mol. The third-order valence-corrected chi connectivity index (χ3v) is 5.06. The average molecular weight is 370 g/mol. The Labute approximate surface area is 159 Å². The summed E-state index contributed by atoms with van der Waals surface area (Å²) in [5.41, 5.74) is 1.15. The Morgan fingerprint density at radius 1 is 1.33 bits per heavy atom. The molecule has 1 aromatic rings.